The molecule has 4 rings (SSSR count). The Morgan fingerprint density at radius 1 is 1.05 bits per heavy atom. The summed E-state index contributed by atoms with van der Waals surface area (Å²) in [7, 11) is 1.24. The molecule has 1 aliphatic heterocycles. The smallest absolute Gasteiger partial charge is 0.416 e. The van der Waals surface area contributed by atoms with Gasteiger partial charge in [-0.25, -0.2) is 0 Å². The van der Waals surface area contributed by atoms with E-state index in [-0.39, 0.29) is 16.3 Å². The van der Waals surface area contributed by atoms with Crippen LogP contribution in [0.4, 0.5) is 23.7 Å². The number of thioether (sulfide) groups is 1. The quantitative estimate of drug-likeness (QED) is 0.381. The first kappa shape index (κ1) is 26.1. The van der Waals surface area contributed by atoms with Crippen LogP contribution >= 0.6 is 11.8 Å². The molecule has 0 aliphatic carbocycles. The number of amides is 3. The van der Waals surface area contributed by atoms with Crippen LogP contribution < -0.4 is 14.8 Å². The highest BCUT2D eigenvalue weighted by Gasteiger charge is 2.37. The van der Waals surface area contributed by atoms with Crippen molar-refractivity contribution < 1.29 is 37.0 Å². The number of carbonyl (C=O) groups is 3. The maximum Gasteiger partial charge on any atom is 0.416 e. The van der Waals surface area contributed by atoms with Crippen molar-refractivity contribution in [2.45, 2.75) is 13.1 Å². The van der Waals surface area contributed by atoms with Gasteiger partial charge in [-0.05, 0) is 60.0 Å². The normalized spacial score (nSPS) is 14.9. The van der Waals surface area contributed by atoms with E-state index in [4.69, 9.17) is 9.47 Å². The Morgan fingerprint density at radius 3 is 2.43 bits per heavy atom. The van der Waals surface area contributed by atoms with Crippen LogP contribution in [-0.4, -0.2) is 42.2 Å². The maximum absolute atomic E-state index is 13.1. The number of fused-ring (bicyclic) bond motifs is 1. The number of carbonyl (C=O) groups excluding carboxylic acids is 3. The van der Waals surface area contributed by atoms with Crippen LogP contribution in [0.3, 0.4) is 0 Å². The number of imide groups is 1. The molecule has 37 heavy (non-hydrogen) atoms. The molecule has 1 fully saturated rings. The molecule has 0 atom stereocenters. The summed E-state index contributed by atoms with van der Waals surface area (Å²) in [6.07, 6.45) is -3.06. The second-order valence-corrected chi connectivity index (χ2v) is 8.85. The SMILES string of the molecule is CCOc1ccc(/C=C2\SC(=O)N(CC(=O)Nc3cc(C(F)(F)F)ccc3OC)C2=O)c2ccccc12. The van der Waals surface area contributed by atoms with Crippen LogP contribution in [0.2, 0.25) is 0 Å². The molecule has 0 bridgehead atoms. The standard InChI is InChI=1S/C26H21F3N2O5S/c1-3-36-20-10-8-15(17-6-4-5-7-18(17)20)12-22-24(33)31(25(34)37-22)14-23(32)30-19-13-16(26(27,28)29)9-11-21(19)35-2/h4-13H,3,14H2,1-2H3,(H,30,32)/b22-12-. The maximum atomic E-state index is 13.1. The molecule has 0 aromatic heterocycles. The number of alkyl halides is 3. The van der Waals surface area contributed by atoms with Crippen LogP contribution in [0.5, 0.6) is 11.5 Å². The van der Waals surface area contributed by atoms with Crippen LogP contribution in [0.25, 0.3) is 16.8 Å². The molecule has 3 amide bonds. The van der Waals surface area contributed by atoms with E-state index in [1.54, 1.807) is 18.2 Å². The van der Waals surface area contributed by atoms with Crippen LogP contribution in [0, 0.1) is 0 Å². The van der Waals surface area contributed by atoms with Crippen molar-refractivity contribution in [1.82, 2.24) is 4.90 Å². The monoisotopic (exact) mass is 530 g/mol. The molecular formula is C26H21F3N2O5S. The number of methoxy groups -OCH3 is 1. The van der Waals surface area contributed by atoms with E-state index in [0.29, 0.717) is 29.7 Å². The molecule has 3 aromatic rings. The topological polar surface area (TPSA) is 84.9 Å². The highest BCUT2D eigenvalue weighted by atomic mass is 32.2. The Labute approximate surface area is 214 Å². The third kappa shape index (κ3) is 5.56. The van der Waals surface area contributed by atoms with Gasteiger partial charge in [0.25, 0.3) is 11.1 Å². The Bertz CT molecular complexity index is 1420. The van der Waals surface area contributed by atoms with E-state index in [2.05, 4.69) is 5.32 Å². The van der Waals surface area contributed by atoms with Crippen molar-refractivity contribution in [2.75, 3.05) is 25.6 Å². The molecular weight excluding hydrogens is 509 g/mol. The minimum absolute atomic E-state index is 0.00207. The molecule has 1 saturated heterocycles. The van der Waals surface area contributed by atoms with Crippen LogP contribution in [0.15, 0.2) is 59.5 Å². The lowest BCUT2D eigenvalue weighted by atomic mass is 10.0. The van der Waals surface area contributed by atoms with E-state index >= 15 is 0 Å². The summed E-state index contributed by atoms with van der Waals surface area (Å²) in [5.41, 5.74) is -0.534. The van der Waals surface area contributed by atoms with E-state index in [1.165, 1.54) is 7.11 Å². The summed E-state index contributed by atoms with van der Waals surface area (Å²) >= 11 is 0.675. The summed E-state index contributed by atoms with van der Waals surface area (Å²) in [5.74, 6) is -0.852. The fourth-order valence-electron chi connectivity index (χ4n) is 3.79. The van der Waals surface area contributed by atoms with Gasteiger partial charge >= 0.3 is 6.18 Å². The summed E-state index contributed by atoms with van der Waals surface area (Å²) in [4.78, 5) is 38.9. The van der Waals surface area contributed by atoms with E-state index in [0.717, 1.165) is 33.9 Å². The van der Waals surface area contributed by atoms with Crippen molar-refractivity contribution in [1.29, 1.82) is 0 Å². The largest absolute Gasteiger partial charge is 0.495 e. The van der Waals surface area contributed by atoms with Gasteiger partial charge in [0, 0.05) is 5.39 Å². The van der Waals surface area contributed by atoms with E-state index in [9.17, 15) is 27.6 Å². The second kappa shape index (κ2) is 10.6. The van der Waals surface area contributed by atoms with E-state index in [1.807, 2.05) is 31.2 Å². The molecule has 0 saturated carbocycles. The van der Waals surface area contributed by atoms with Gasteiger partial charge in [-0.15, -0.1) is 0 Å². The van der Waals surface area contributed by atoms with Gasteiger partial charge in [-0.3, -0.25) is 19.3 Å². The zero-order valence-electron chi connectivity index (χ0n) is 19.7. The number of ether oxygens (including phenoxy) is 2. The molecule has 192 valence electrons. The summed E-state index contributed by atoms with van der Waals surface area (Å²) in [6.45, 7) is 1.68. The first-order valence-corrected chi connectivity index (χ1v) is 11.9. The first-order valence-electron chi connectivity index (χ1n) is 11.1. The molecule has 0 unspecified atom stereocenters. The minimum atomic E-state index is -4.63. The zero-order valence-corrected chi connectivity index (χ0v) is 20.5. The fourth-order valence-corrected chi connectivity index (χ4v) is 4.62. The Hall–Kier alpha value is -3.99. The van der Waals surface area contributed by atoms with Gasteiger partial charge in [-0.2, -0.15) is 13.2 Å². The predicted octanol–water partition coefficient (Wildman–Crippen LogP) is 5.94. The molecule has 0 spiro atoms. The predicted molar refractivity (Wildman–Crippen MR) is 134 cm³/mol. The van der Waals surface area contributed by atoms with Crippen LogP contribution in [-0.2, 0) is 15.8 Å². The molecule has 1 N–H and O–H groups in total. The lowest BCUT2D eigenvalue weighted by Crippen LogP contribution is -2.36. The number of hydrogen-bond donors (Lipinski definition) is 1. The van der Waals surface area contributed by atoms with Gasteiger partial charge < -0.3 is 14.8 Å². The van der Waals surface area contributed by atoms with Gasteiger partial charge in [0.15, 0.2) is 0 Å². The average molecular weight is 531 g/mol. The highest BCUT2D eigenvalue weighted by molar-refractivity contribution is 8.18. The number of nitrogens with one attached hydrogen (secondary N) is 1. The molecule has 7 nitrogen and oxygen atoms in total. The number of hydrogen-bond acceptors (Lipinski definition) is 6. The highest BCUT2D eigenvalue weighted by Crippen LogP contribution is 2.37. The summed E-state index contributed by atoms with van der Waals surface area (Å²) < 4.78 is 49.9. The number of benzene rings is 3. The van der Waals surface area contributed by atoms with Crippen LogP contribution in [0.1, 0.15) is 18.1 Å². The lowest BCUT2D eigenvalue weighted by molar-refractivity contribution is -0.137. The molecule has 3 aromatic carbocycles. The Balaban J connectivity index is 1.55. The molecule has 0 radical (unpaired) electrons. The molecule has 11 heteroatoms. The third-order valence-electron chi connectivity index (χ3n) is 5.48. The van der Waals surface area contributed by atoms with Crippen molar-refractivity contribution in [3.63, 3.8) is 0 Å². The molecule has 1 heterocycles. The third-order valence-corrected chi connectivity index (χ3v) is 6.39. The Kier molecular flexibility index (Phi) is 7.44. The van der Waals surface area contributed by atoms with Crippen molar-refractivity contribution in [3.8, 4) is 11.5 Å². The van der Waals surface area contributed by atoms with Crippen molar-refractivity contribution in [2.24, 2.45) is 0 Å². The van der Waals surface area contributed by atoms with E-state index < -0.39 is 35.3 Å². The summed E-state index contributed by atoms with van der Waals surface area (Å²) in [6, 6.07) is 13.6. The van der Waals surface area contributed by atoms with Gasteiger partial charge in [-0.1, -0.05) is 30.3 Å². The molecule has 1 aliphatic rings. The second-order valence-electron chi connectivity index (χ2n) is 7.86. The van der Waals surface area contributed by atoms with Gasteiger partial charge in [0.05, 0.1) is 29.9 Å². The summed E-state index contributed by atoms with van der Waals surface area (Å²) in [5, 5.41) is 3.28. The van der Waals surface area contributed by atoms with Crippen molar-refractivity contribution >= 4 is 51.4 Å². The van der Waals surface area contributed by atoms with Gasteiger partial charge in [0.1, 0.15) is 18.0 Å². The van der Waals surface area contributed by atoms with Crippen molar-refractivity contribution in [3.05, 3.63) is 70.6 Å². The first-order chi connectivity index (χ1) is 17.6. The fraction of sp³-hybridized carbons (Fsp3) is 0.192. The number of halogens is 3. The zero-order chi connectivity index (χ0) is 26.7. The minimum Gasteiger partial charge on any atom is -0.495 e. The van der Waals surface area contributed by atoms with Gasteiger partial charge in [0.2, 0.25) is 5.91 Å². The number of anilines is 1. The number of rotatable bonds is 7. The average Bonchev–Trinajstić information content (AvgIpc) is 3.12. The lowest BCUT2D eigenvalue weighted by Gasteiger charge is -2.16. The Morgan fingerprint density at radius 2 is 1.76 bits per heavy atom. The number of nitrogens with zero attached hydrogens (tertiary/aromatic N) is 1.